The molecule has 2 aromatic heterocycles. The molecule has 0 atom stereocenters. The molecule has 0 radical (unpaired) electrons. The maximum atomic E-state index is 5.47. The summed E-state index contributed by atoms with van der Waals surface area (Å²) in [7, 11) is 0. The smallest absolute Gasteiger partial charge is 0.214 e. The van der Waals surface area contributed by atoms with E-state index in [1.165, 1.54) is 0 Å². The normalized spacial score (nSPS) is 10.0. The summed E-state index contributed by atoms with van der Waals surface area (Å²) in [6, 6.07) is 8.90. The molecule has 0 aliphatic carbocycles. The summed E-state index contributed by atoms with van der Waals surface area (Å²) in [4.78, 5) is 4.39. The Labute approximate surface area is 98.0 Å². The number of pyridine rings is 1. The number of nitrogens with two attached hydrogens (primary N) is 1. The van der Waals surface area contributed by atoms with Crippen molar-refractivity contribution in [2.24, 2.45) is 5.73 Å². The Kier molecular flexibility index (Phi) is 3.16. The lowest BCUT2D eigenvalue weighted by atomic mass is 10.3. The molecule has 2 heterocycles. The summed E-state index contributed by atoms with van der Waals surface area (Å²) in [6.45, 7) is 0.334. The van der Waals surface area contributed by atoms with Gasteiger partial charge in [-0.2, -0.15) is 0 Å². The van der Waals surface area contributed by atoms with Gasteiger partial charge in [-0.25, -0.2) is 4.98 Å². The van der Waals surface area contributed by atoms with Crippen LogP contribution in [-0.4, -0.2) is 9.97 Å². The molecule has 0 amide bonds. The minimum absolute atomic E-state index is 0.253. The lowest BCUT2D eigenvalue weighted by Gasteiger charge is -2.04. The Bertz CT molecular complexity index is 482. The third kappa shape index (κ3) is 2.58. The first-order valence-electron chi connectivity index (χ1n) is 4.68. The fourth-order valence-corrected chi connectivity index (χ4v) is 1.29. The number of hydrogen-bond acceptors (Lipinski definition) is 4. The van der Waals surface area contributed by atoms with Crippen LogP contribution >= 0.6 is 12.2 Å². The second kappa shape index (κ2) is 4.76. The first-order chi connectivity index (χ1) is 7.75. The molecular formula is C11H10N2O2S. The Morgan fingerprint density at radius 3 is 2.94 bits per heavy atom. The Morgan fingerprint density at radius 2 is 2.25 bits per heavy atom. The number of aromatic nitrogens is 1. The summed E-state index contributed by atoms with van der Waals surface area (Å²) in [5, 5.41) is 0. The Morgan fingerprint density at radius 1 is 1.38 bits per heavy atom. The van der Waals surface area contributed by atoms with Crippen LogP contribution in [0.25, 0.3) is 0 Å². The quantitative estimate of drug-likeness (QED) is 0.818. The van der Waals surface area contributed by atoms with Gasteiger partial charge in [0.2, 0.25) is 5.88 Å². The second-order valence-corrected chi connectivity index (χ2v) is 3.53. The largest absolute Gasteiger partial charge is 0.469 e. The lowest BCUT2D eigenvalue weighted by molar-refractivity contribution is 0.260. The van der Waals surface area contributed by atoms with Gasteiger partial charge in [-0.3, -0.25) is 0 Å². The maximum Gasteiger partial charge on any atom is 0.214 e. The molecule has 0 fully saturated rings. The third-order valence-corrected chi connectivity index (χ3v) is 2.13. The Balaban J connectivity index is 2.04. The fourth-order valence-electron chi connectivity index (χ4n) is 1.17. The average Bonchev–Trinajstić information content (AvgIpc) is 2.79. The van der Waals surface area contributed by atoms with E-state index in [-0.39, 0.29) is 4.99 Å². The molecule has 0 spiro atoms. The molecule has 0 aliphatic heterocycles. The van der Waals surface area contributed by atoms with Crippen molar-refractivity contribution in [3.8, 4) is 5.88 Å². The molecule has 0 unspecified atom stereocenters. The van der Waals surface area contributed by atoms with Crippen molar-refractivity contribution in [3.63, 3.8) is 0 Å². The molecule has 5 heteroatoms. The van der Waals surface area contributed by atoms with Gasteiger partial charge in [-0.1, -0.05) is 18.3 Å². The molecule has 2 N–H and O–H groups in total. The highest BCUT2D eigenvalue weighted by Gasteiger charge is 2.02. The molecule has 0 aliphatic rings. The van der Waals surface area contributed by atoms with Crippen molar-refractivity contribution in [1.29, 1.82) is 0 Å². The molecule has 0 saturated carbocycles. The number of ether oxygens (including phenoxy) is 1. The highest BCUT2D eigenvalue weighted by Crippen LogP contribution is 2.10. The zero-order valence-corrected chi connectivity index (χ0v) is 9.24. The van der Waals surface area contributed by atoms with Crippen molar-refractivity contribution in [3.05, 3.63) is 48.0 Å². The maximum absolute atomic E-state index is 5.47. The van der Waals surface area contributed by atoms with Crippen LogP contribution in [0.1, 0.15) is 11.5 Å². The van der Waals surface area contributed by atoms with E-state index in [1.807, 2.05) is 6.07 Å². The van der Waals surface area contributed by atoms with E-state index in [4.69, 9.17) is 27.1 Å². The minimum atomic E-state index is 0.253. The summed E-state index contributed by atoms with van der Waals surface area (Å²) in [6.07, 6.45) is 1.59. The van der Waals surface area contributed by atoms with Gasteiger partial charge in [0, 0.05) is 6.07 Å². The molecule has 82 valence electrons. The van der Waals surface area contributed by atoms with Crippen LogP contribution < -0.4 is 10.5 Å². The van der Waals surface area contributed by atoms with Crippen molar-refractivity contribution in [2.75, 3.05) is 0 Å². The van der Waals surface area contributed by atoms with Gasteiger partial charge in [-0.05, 0) is 18.2 Å². The molecule has 16 heavy (non-hydrogen) atoms. The van der Waals surface area contributed by atoms with Crippen molar-refractivity contribution >= 4 is 17.2 Å². The minimum Gasteiger partial charge on any atom is -0.469 e. The van der Waals surface area contributed by atoms with Gasteiger partial charge in [0.15, 0.2) is 0 Å². The number of hydrogen-bond donors (Lipinski definition) is 1. The predicted octanol–water partition coefficient (Wildman–Crippen LogP) is 1.89. The monoisotopic (exact) mass is 234 g/mol. The first-order valence-corrected chi connectivity index (χ1v) is 5.08. The zero-order chi connectivity index (χ0) is 11.4. The van der Waals surface area contributed by atoms with Gasteiger partial charge < -0.3 is 14.9 Å². The van der Waals surface area contributed by atoms with Crippen LogP contribution in [0.5, 0.6) is 5.88 Å². The summed E-state index contributed by atoms with van der Waals surface area (Å²) in [5.74, 6) is 1.21. The van der Waals surface area contributed by atoms with E-state index in [0.717, 1.165) is 5.76 Å². The molecule has 2 rings (SSSR count). The van der Waals surface area contributed by atoms with Crippen LogP contribution in [0.4, 0.5) is 0 Å². The van der Waals surface area contributed by atoms with Crippen LogP contribution in [0.3, 0.4) is 0 Å². The van der Waals surface area contributed by atoms with E-state index >= 15 is 0 Å². The van der Waals surface area contributed by atoms with E-state index in [2.05, 4.69) is 4.98 Å². The average molecular weight is 234 g/mol. The van der Waals surface area contributed by atoms with Gasteiger partial charge in [-0.15, -0.1) is 0 Å². The second-order valence-electron chi connectivity index (χ2n) is 3.09. The summed E-state index contributed by atoms with van der Waals surface area (Å²) < 4.78 is 10.6. The van der Waals surface area contributed by atoms with Crippen LogP contribution in [-0.2, 0) is 6.61 Å². The zero-order valence-electron chi connectivity index (χ0n) is 8.42. The predicted molar refractivity (Wildman–Crippen MR) is 63.2 cm³/mol. The van der Waals surface area contributed by atoms with Gasteiger partial charge in [0.25, 0.3) is 0 Å². The SMILES string of the molecule is NC(=S)c1cccc(OCc2ccco2)n1. The molecule has 0 bridgehead atoms. The lowest BCUT2D eigenvalue weighted by Crippen LogP contribution is -2.11. The highest BCUT2D eigenvalue weighted by atomic mass is 32.1. The molecule has 2 aromatic rings. The molecule has 0 saturated heterocycles. The van der Waals surface area contributed by atoms with Crippen LogP contribution in [0, 0.1) is 0 Å². The van der Waals surface area contributed by atoms with Gasteiger partial charge in [0.05, 0.1) is 6.26 Å². The highest BCUT2D eigenvalue weighted by molar-refractivity contribution is 7.80. The number of rotatable bonds is 4. The standard InChI is InChI=1S/C11H10N2O2S/c12-11(16)9-4-1-5-10(13-9)15-7-8-3-2-6-14-8/h1-6H,7H2,(H2,12,16). The summed E-state index contributed by atoms with van der Waals surface area (Å²) >= 11 is 4.83. The van der Waals surface area contributed by atoms with Gasteiger partial charge in [0.1, 0.15) is 23.0 Å². The number of nitrogens with zero attached hydrogens (tertiary/aromatic N) is 1. The van der Waals surface area contributed by atoms with Crippen LogP contribution in [0.15, 0.2) is 41.0 Å². The Hall–Kier alpha value is -1.88. The van der Waals surface area contributed by atoms with Crippen molar-refractivity contribution < 1.29 is 9.15 Å². The molecule has 4 nitrogen and oxygen atoms in total. The van der Waals surface area contributed by atoms with E-state index in [9.17, 15) is 0 Å². The van der Waals surface area contributed by atoms with E-state index in [1.54, 1.807) is 30.5 Å². The topological polar surface area (TPSA) is 61.3 Å². The van der Waals surface area contributed by atoms with Crippen LogP contribution in [0.2, 0.25) is 0 Å². The summed E-state index contributed by atoms with van der Waals surface area (Å²) in [5.41, 5.74) is 6.02. The fraction of sp³-hybridized carbons (Fsp3) is 0.0909. The molecular weight excluding hydrogens is 224 g/mol. The first kappa shape index (κ1) is 10.6. The van der Waals surface area contributed by atoms with E-state index in [0.29, 0.717) is 18.2 Å². The van der Waals surface area contributed by atoms with E-state index < -0.39 is 0 Å². The third-order valence-electron chi connectivity index (χ3n) is 1.92. The van der Waals surface area contributed by atoms with Gasteiger partial charge >= 0.3 is 0 Å². The number of furan rings is 1. The molecule has 0 aromatic carbocycles. The van der Waals surface area contributed by atoms with Crippen molar-refractivity contribution in [1.82, 2.24) is 4.98 Å². The van der Waals surface area contributed by atoms with Crippen molar-refractivity contribution in [2.45, 2.75) is 6.61 Å². The number of thiocarbonyl (C=S) groups is 1.